The maximum atomic E-state index is 5.69. The van der Waals surface area contributed by atoms with Gasteiger partial charge in [0, 0.05) is 6.04 Å². The average Bonchev–Trinajstić information content (AvgIpc) is 2.00. The van der Waals surface area contributed by atoms with Crippen LogP contribution in [0.4, 0.5) is 0 Å². The van der Waals surface area contributed by atoms with Gasteiger partial charge in [0.15, 0.2) is 0 Å². The molecule has 0 aliphatic carbocycles. The Kier molecular flexibility index (Phi) is 6.39. The molecule has 0 heterocycles. The molecule has 0 aromatic carbocycles. The lowest BCUT2D eigenvalue weighted by atomic mass is 9.95. The fourth-order valence-electron chi connectivity index (χ4n) is 1.68. The molecule has 0 aliphatic rings. The molecule has 0 fully saturated rings. The topological polar surface area (TPSA) is 38.0 Å². The predicted octanol–water partition coefficient (Wildman–Crippen LogP) is 2.10. The number of nitrogens with one attached hydrogen (secondary N) is 1. The predicted molar refractivity (Wildman–Crippen MR) is 54.9 cm³/mol. The van der Waals surface area contributed by atoms with Gasteiger partial charge in [-0.05, 0) is 25.7 Å². The minimum atomic E-state index is 0.120. The Morgan fingerprint density at radius 2 is 1.83 bits per heavy atom. The van der Waals surface area contributed by atoms with Gasteiger partial charge in [-0.2, -0.15) is 0 Å². The third-order valence-electron chi connectivity index (χ3n) is 2.35. The third kappa shape index (κ3) is 4.73. The Hall–Kier alpha value is -0.0800. The fourth-order valence-corrected chi connectivity index (χ4v) is 1.68. The SMILES string of the molecule is CCCC(C)C(CC)NC(C)N. The van der Waals surface area contributed by atoms with Crippen molar-refractivity contribution in [3.8, 4) is 0 Å². The van der Waals surface area contributed by atoms with Crippen LogP contribution in [0.3, 0.4) is 0 Å². The Balaban J connectivity index is 3.78. The molecule has 0 amide bonds. The van der Waals surface area contributed by atoms with Crippen molar-refractivity contribution in [2.75, 3.05) is 0 Å². The highest BCUT2D eigenvalue weighted by molar-refractivity contribution is 4.72. The van der Waals surface area contributed by atoms with Crippen LogP contribution in [0.5, 0.6) is 0 Å². The molecule has 0 aliphatic heterocycles. The highest BCUT2D eigenvalue weighted by Crippen LogP contribution is 2.13. The van der Waals surface area contributed by atoms with E-state index in [1.54, 1.807) is 0 Å². The molecular formula is C10H24N2. The van der Waals surface area contributed by atoms with Crippen LogP contribution in [0.25, 0.3) is 0 Å². The molecule has 12 heavy (non-hydrogen) atoms. The summed E-state index contributed by atoms with van der Waals surface area (Å²) in [6.45, 7) is 8.75. The average molecular weight is 172 g/mol. The summed E-state index contributed by atoms with van der Waals surface area (Å²) in [6, 6.07) is 0.588. The van der Waals surface area contributed by atoms with Gasteiger partial charge in [-0.15, -0.1) is 0 Å². The summed E-state index contributed by atoms with van der Waals surface area (Å²) in [5.41, 5.74) is 5.69. The van der Waals surface area contributed by atoms with Crippen molar-refractivity contribution in [3.63, 3.8) is 0 Å². The van der Waals surface area contributed by atoms with Crippen LogP contribution in [0.2, 0.25) is 0 Å². The van der Waals surface area contributed by atoms with Gasteiger partial charge >= 0.3 is 0 Å². The zero-order chi connectivity index (χ0) is 9.56. The quantitative estimate of drug-likeness (QED) is 0.602. The fraction of sp³-hybridized carbons (Fsp3) is 1.00. The van der Waals surface area contributed by atoms with Gasteiger partial charge in [0.05, 0.1) is 6.17 Å². The summed E-state index contributed by atoms with van der Waals surface area (Å²) in [6.07, 6.45) is 3.84. The lowest BCUT2D eigenvalue weighted by molar-refractivity contribution is 0.321. The van der Waals surface area contributed by atoms with E-state index in [-0.39, 0.29) is 6.17 Å². The molecule has 3 unspecified atom stereocenters. The molecule has 0 spiro atoms. The van der Waals surface area contributed by atoms with E-state index in [0.717, 1.165) is 5.92 Å². The Bertz CT molecular complexity index is 102. The van der Waals surface area contributed by atoms with Crippen LogP contribution >= 0.6 is 0 Å². The van der Waals surface area contributed by atoms with Gasteiger partial charge in [0.1, 0.15) is 0 Å². The Morgan fingerprint density at radius 3 is 2.17 bits per heavy atom. The second-order valence-electron chi connectivity index (χ2n) is 3.74. The molecule has 0 rings (SSSR count). The second-order valence-corrected chi connectivity index (χ2v) is 3.74. The molecule has 2 nitrogen and oxygen atoms in total. The first-order chi connectivity index (χ1) is 5.61. The van der Waals surface area contributed by atoms with E-state index >= 15 is 0 Å². The molecule has 0 bridgehead atoms. The Labute approximate surface area is 76.9 Å². The molecule has 3 N–H and O–H groups in total. The summed E-state index contributed by atoms with van der Waals surface area (Å²) >= 11 is 0. The molecule has 3 atom stereocenters. The number of rotatable bonds is 6. The number of hydrogen-bond acceptors (Lipinski definition) is 2. The minimum absolute atomic E-state index is 0.120. The molecular weight excluding hydrogens is 148 g/mol. The first kappa shape index (κ1) is 11.9. The van der Waals surface area contributed by atoms with E-state index in [1.165, 1.54) is 19.3 Å². The van der Waals surface area contributed by atoms with Gasteiger partial charge in [0.25, 0.3) is 0 Å². The van der Waals surface area contributed by atoms with E-state index in [9.17, 15) is 0 Å². The smallest absolute Gasteiger partial charge is 0.0519 e. The van der Waals surface area contributed by atoms with Gasteiger partial charge in [0.2, 0.25) is 0 Å². The molecule has 74 valence electrons. The summed E-state index contributed by atoms with van der Waals surface area (Å²) in [5, 5.41) is 3.39. The van der Waals surface area contributed by atoms with Crippen LogP contribution in [0.15, 0.2) is 0 Å². The normalized spacial score (nSPS) is 18.8. The monoisotopic (exact) mass is 172 g/mol. The van der Waals surface area contributed by atoms with E-state index in [2.05, 4.69) is 26.1 Å². The lowest BCUT2D eigenvalue weighted by Crippen LogP contribution is -2.44. The van der Waals surface area contributed by atoms with Crippen LogP contribution in [0.1, 0.15) is 47.0 Å². The first-order valence-corrected chi connectivity index (χ1v) is 5.13. The zero-order valence-electron chi connectivity index (χ0n) is 8.93. The van der Waals surface area contributed by atoms with Gasteiger partial charge < -0.3 is 5.73 Å². The van der Waals surface area contributed by atoms with Crippen molar-refractivity contribution < 1.29 is 0 Å². The van der Waals surface area contributed by atoms with Crippen LogP contribution in [-0.4, -0.2) is 12.2 Å². The third-order valence-corrected chi connectivity index (χ3v) is 2.35. The number of nitrogens with two attached hydrogens (primary N) is 1. The Morgan fingerprint density at radius 1 is 1.25 bits per heavy atom. The van der Waals surface area contributed by atoms with Crippen molar-refractivity contribution in [3.05, 3.63) is 0 Å². The van der Waals surface area contributed by atoms with E-state index < -0.39 is 0 Å². The molecule has 0 aromatic heterocycles. The zero-order valence-corrected chi connectivity index (χ0v) is 8.93. The highest BCUT2D eigenvalue weighted by Gasteiger charge is 2.14. The van der Waals surface area contributed by atoms with Crippen molar-refractivity contribution in [1.82, 2.24) is 5.32 Å². The standard InChI is InChI=1S/C10H24N2/c1-5-7-8(3)10(6-2)12-9(4)11/h8-10,12H,5-7,11H2,1-4H3. The maximum absolute atomic E-state index is 5.69. The van der Waals surface area contributed by atoms with Crippen molar-refractivity contribution in [1.29, 1.82) is 0 Å². The largest absolute Gasteiger partial charge is 0.316 e. The molecule has 0 saturated heterocycles. The minimum Gasteiger partial charge on any atom is -0.316 e. The van der Waals surface area contributed by atoms with Crippen molar-refractivity contribution in [2.45, 2.75) is 59.2 Å². The van der Waals surface area contributed by atoms with E-state index in [4.69, 9.17) is 5.73 Å². The van der Waals surface area contributed by atoms with E-state index in [0.29, 0.717) is 6.04 Å². The summed E-state index contributed by atoms with van der Waals surface area (Å²) in [4.78, 5) is 0. The van der Waals surface area contributed by atoms with Gasteiger partial charge in [-0.1, -0.05) is 27.2 Å². The highest BCUT2D eigenvalue weighted by atomic mass is 15.0. The van der Waals surface area contributed by atoms with Crippen LogP contribution < -0.4 is 11.1 Å². The molecule has 0 radical (unpaired) electrons. The van der Waals surface area contributed by atoms with Crippen molar-refractivity contribution in [2.24, 2.45) is 11.7 Å². The van der Waals surface area contributed by atoms with Gasteiger partial charge in [-0.3, -0.25) is 5.32 Å². The second kappa shape index (κ2) is 6.44. The first-order valence-electron chi connectivity index (χ1n) is 5.13. The summed E-state index contributed by atoms with van der Waals surface area (Å²) < 4.78 is 0. The molecule has 0 aromatic rings. The number of hydrogen-bond donors (Lipinski definition) is 2. The molecule has 2 heteroatoms. The summed E-state index contributed by atoms with van der Waals surface area (Å²) in [7, 11) is 0. The lowest BCUT2D eigenvalue weighted by Gasteiger charge is -2.25. The van der Waals surface area contributed by atoms with Crippen LogP contribution in [0, 0.1) is 5.92 Å². The maximum Gasteiger partial charge on any atom is 0.0519 e. The van der Waals surface area contributed by atoms with Crippen LogP contribution in [-0.2, 0) is 0 Å². The van der Waals surface area contributed by atoms with E-state index in [1.807, 2.05) is 6.92 Å². The summed E-state index contributed by atoms with van der Waals surface area (Å²) in [5.74, 6) is 0.742. The molecule has 0 saturated carbocycles. The van der Waals surface area contributed by atoms with Gasteiger partial charge in [-0.25, -0.2) is 0 Å². The van der Waals surface area contributed by atoms with Crippen molar-refractivity contribution >= 4 is 0 Å².